The summed E-state index contributed by atoms with van der Waals surface area (Å²) in [7, 11) is 1.92. The Bertz CT molecular complexity index is 513. The predicted molar refractivity (Wildman–Crippen MR) is 86.5 cm³/mol. The molecule has 2 fully saturated rings. The van der Waals surface area contributed by atoms with Gasteiger partial charge in [-0.15, -0.1) is 0 Å². The summed E-state index contributed by atoms with van der Waals surface area (Å²) >= 11 is 0. The van der Waals surface area contributed by atoms with Crippen molar-refractivity contribution in [2.75, 3.05) is 19.6 Å². The Hall–Kier alpha value is -1.36. The highest BCUT2D eigenvalue weighted by atomic mass is 16.2. The Morgan fingerprint density at radius 1 is 1.27 bits per heavy atom. The van der Waals surface area contributed by atoms with Crippen molar-refractivity contribution in [3.05, 3.63) is 18.0 Å². The zero-order chi connectivity index (χ0) is 15.5. The molecule has 0 spiro atoms. The largest absolute Gasteiger partial charge is 0.338 e. The summed E-state index contributed by atoms with van der Waals surface area (Å²) in [6.45, 7) is 5.50. The van der Waals surface area contributed by atoms with Gasteiger partial charge < -0.3 is 4.90 Å². The molecular formula is C17H28N4O. The Labute approximate surface area is 133 Å². The SMILES string of the molecule is CCN1CCC[C@H]1[C@@H]1CCCN1C(=O)CCc1cnn(C)c1. The number of likely N-dealkylation sites (tertiary alicyclic amines) is 2. The normalized spacial score (nSPS) is 26.0. The monoisotopic (exact) mass is 304 g/mol. The average molecular weight is 304 g/mol. The molecule has 1 aromatic rings. The van der Waals surface area contributed by atoms with Gasteiger partial charge in [0.2, 0.25) is 5.91 Å². The smallest absolute Gasteiger partial charge is 0.223 e. The van der Waals surface area contributed by atoms with Crippen LogP contribution in [0.2, 0.25) is 0 Å². The molecule has 122 valence electrons. The van der Waals surface area contributed by atoms with Crippen molar-refractivity contribution < 1.29 is 4.79 Å². The van der Waals surface area contributed by atoms with Crippen LogP contribution in [0.15, 0.2) is 12.4 Å². The van der Waals surface area contributed by atoms with Crippen molar-refractivity contribution >= 4 is 5.91 Å². The summed E-state index contributed by atoms with van der Waals surface area (Å²) in [5, 5.41) is 4.18. The molecular weight excluding hydrogens is 276 g/mol. The number of aryl methyl sites for hydroxylation is 2. The van der Waals surface area contributed by atoms with Crippen LogP contribution >= 0.6 is 0 Å². The number of amides is 1. The second kappa shape index (κ2) is 6.82. The van der Waals surface area contributed by atoms with Crippen molar-refractivity contribution in [1.82, 2.24) is 19.6 Å². The van der Waals surface area contributed by atoms with Crippen LogP contribution < -0.4 is 0 Å². The van der Waals surface area contributed by atoms with E-state index in [-0.39, 0.29) is 0 Å². The summed E-state index contributed by atoms with van der Waals surface area (Å²) in [5.74, 6) is 0.328. The maximum atomic E-state index is 12.7. The number of carbonyl (C=O) groups is 1. The van der Waals surface area contributed by atoms with E-state index in [0.29, 0.717) is 24.4 Å². The second-order valence-electron chi connectivity index (χ2n) is 6.66. The minimum atomic E-state index is 0.328. The van der Waals surface area contributed by atoms with Crippen LogP contribution in [0.1, 0.15) is 44.6 Å². The average Bonchev–Trinajstić information content (AvgIpc) is 3.23. The molecule has 2 atom stereocenters. The molecule has 0 unspecified atom stereocenters. The van der Waals surface area contributed by atoms with Crippen LogP contribution in [0, 0.1) is 0 Å². The third kappa shape index (κ3) is 3.19. The summed E-state index contributed by atoms with van der Waals surface area (Å²) in [6, 6.07) is 1.04. The molecule has 0 saturated carbocycles. The van der Waals surface area contributed by atoms with Gasteiger partial charge in [-0.2, -0.15) is 5.10 Å². The molecule has 0 radical (unpaired) electrons. The fourth-order valence-electron chi connectivity index (χ4n) is 4.18. The first kappa shape index (κ1) is 15.5. The molecule has 5 nitrogen and oxygen atoms in total. The third-order valence-electron chi connectivity index (χ3n) is 5.27. The lowest BCUT2D eigenvalue weighted by molar-refractivity contribution is -0.133. The van der Waals surface area contributed by atoms with E-state index in [0.717, 1.165) is 31.5 Å². The lowest BCUT2D eigenvalue weighted by Crippen LogP contribution is -2.48. The van der Waals surface area contributed by atoms with Crippen molar-refractivity contribution in [1.29, 1.82) is 0 Å². The van der Waals surface area contributed by atoms with E-state index in [1.54, 1.807) is 4.68 Å². The molecule has 2 aliphatic rings. The van der Waals surface area contributed by atoms with Gasteiger partial charge in [-0.3, -0.25) is 14.4 Å². The molecule has 3 rings (SSSR count). The van der Waals surface area contributed by atoms with Crippen molar-refractivity contribution in [2.45, 2.75) is 57.5 Å². The molecule has 1 aromatic heterocycles. The van der Waals surface area contributed by atoms with Gasteiger partial charge in [0.25, 0.3) is 0 Å². The first-order valence-electron chi connectivity index (χ1n) is 8.70. The molecule has 22 heavy (non-hydrogen) atoms. The Balaban J connectivity index is 1.58. The van der Waals surface area contributed by atoms with E-state index in [2.05, 4.69) is 21.8 Å². The van der Waals surface area contributed by atoms with E-state index in [1.807, 2.05) is 19.4 Å². The lowest BCUT2D eigenvalue weighted by atomic mass is 10.0. The van der Waals surface area contributed by atoms with E-state index >= 15 is 0 Å². The number of hydrogen-bond donors (Lipinski definition) is 0. The third-order valence-corrected chi connectivity index (χ3v) is 5.27. The molecule has 2 saturated heterocycles. The summed E-state index contributed by atoms with van der Waals surface area (Å²) in [4.78, 5) is 17.4. The Morgan fingerprint density at radius 3 is 2.77 bits per heavy atom. The van der Waals surface area contributed by atoms with E-state index in [1.165, 1.54) is 25.8 Å². The molecule has 3 heterocycles. The fraction of sp³-hybridized carbons (Fsp3) is 0.765. The van der Waals surface area contributed by atoms with Crippen LogP contribution in [0.25, 0.3) is 0 Å². The number of likely N-dealkylation sites (N-methyl/N-ethyl adjacent to an activating group) is 1. The topological polar surface area (TPSA) is 41.4 Å². The number of hydrogen-bond acceptors (Lipinski definition) is 3. The summed E-state index contributed by atoms with van der Waals surface area (Å²) in [6.07, 6.45) is 10.2. The molecule has 0 bridgehead atoms. The van der Waals surface area contributed by atoms with Gasteiger partial charge in [0, 0.05) is 38.3 Å². The van der Waals surface area contributed by atoms with E-state index in [4.69, 9.17) is 0 Å². The van der Waals surface area contributed by atoms with Crippen LogP contribution in [0.4, 0.5) is 0 Å². The maximum Gasteiger partial charge on any atom is 0.223 e. The summed E-state index contributed by atoms with van der Waals surface area (Å²) in [5.41, 5.74) is 1.16. The number of carbonyl (C=O) groups excluding carboxylic acids is 1. The van der Waals surface area contributed by atoms with Gasteiger partial charge in [-0.1, -0.05) is 6.92 Å². The highest BCUT2D eigenvalue weighted by molar-refractivity contribution is 5.77. The van der Waals surface area contributed by atoms with Crippen LogP contribution in [-0.2, 0) is 18.3 Å². The van der Waals surface area contributed by atoms with Crippen LogP contribution in [-0.4, -0.2) is 57.2 Å². The quantitative estimate of drug-likeness (QED) is 0.833. The minimum absolute atomic E-state index is 0.328. The van der Waals surface area contributed by atoms with Gasteiger partial charge >= 0.3 is 0 Å². The Morgan fingerprint density at radius 2 is 2.05 bits per heavy atom. The predicted octanol–water partition coefficient (Wildman–Crippen LogP) is 1.83. The Kier molecular flexibility index (Phi) is 4.81. The van der Waals surface area contributed by atoms with Crippen molar-refractivity contribution in [2.24, 2.45) is 7.05 Å². The molecule has 5 heteroatoms. The van der Waals surface area contributed by atoms with Crippen molar-refractivity contribution in [3.8, 4) is 0 Å². The molecule has 1 amide bonds. The molecule has 0 aliphatic carbocycles. The minimum Gasteiger partial charge on any atom is -0.338 e. The first-order valence-corrected chi connectivity index (χ1v) is 8.70. The van der Waals surface area contributed by atoms with Gasteiger partial charge in [0.15, 0.2) is 0 Å². The van der Waals surface area contributed by atoms with Gasteiger partial charge in [0.1, 0.15) is 0 Å². The standard InChI is InChI=1S/C17H28N4O/c1-3-20-10-4-6-15(20)16-7-5-11-21(16)17(22)9-8-14-12-18-19(2)13-14/h12-13,15-16H,3-11H2,1-2H3/t15-,16-/m0/s1. The molecule has 0 aromatic carbocycles. The van der Waals surface area contributed by atoms with Crippen LogP contribution in [0.5, 0.6) is 0 Å². The number of nitrogens with zero attached hydrogens (tertiary/aromatic N) is 4. The lowest BCUT2D eigenvalue weighted by Gasteiger charge is -2.34. The summed E-state index contributed by atoms with van der Waals surface area (Å²) < 4.78 is 1.80. The van der Waals surface area contributed by atoms with Crippen LogP contribution in [0.3, 0.4) is 0 Å². The zero-order valence-corrected chi connectivity index (χ0v) is 13.9. The second-order valence-corrected chi connectivity index (χ2v) is 6.66. The maximum absolute atomic E-state index is 12.7. The fourth-order valence-corrected chi connectivity index (χ4v) is 4.18. The molecule has 0 N–H and O–H groups in total. The van der Waals surface area contributed by atoms with E-state index < -0.39 is 0 Å². The highest BCUT2D eigenvalue weighted by Gasteiger charge is 2.38. The molecule has 2 aliphatic heterocycles. The highest BCUT2D eigenvalue weighted by Crippen LogP contribution is 2.30. The van der Waals surface area contributed by atoms with Crippen molar-refractivity contribution in [3.63, 3.8) is 0 Å². The number of aromatic nitrogens is 2. The van der Waals surface area contributed by atoms with Gasteiger partial charge in [-0.25, -0.2) is 0 Å². The zero-order valence-electron chi connectivity index (χ0n) is 13.9. The first-order chi connectivity index (χ1) is 10.7. The van der Waals surface area contributed by atoms with Gasteiger partial charge in [-0.05, 0) is 50.8 Å². The number of rotatable bonds is 5. The van der Waals surface area contributed by atoms with Gasteiger partial charge in [0.05, 0.1) is 6.20 Å². The van der Waals surface area contributed by atoms with E-state index in [9.17, 15) is 4.79 Å².